The number of aryl methyl sites for hydroxylation is 1. The number of anilines is 1. The highest BCUT2D eigenvalue weighted by Gasteiger charge is 2.20. The molecule has 0 saturated heterocycles. The van der Waals surface area contributed by atoms with E-state index in [9.17, 15) is 0 Å². The van der Waals surface area contributed by atoms with Gasteiger partial charge in [0.1, 0.15) is 6.33 Å². The van der Waals surface area contributed by atoms with Crippen molar-refractivity contribution in [3.63, 3.8) is 0 Å². The van der Waals surface area contributed by atoms with E-state index in [1.54, 1.807) is 11.8 Å². The van der Waals surface area contributed by atoms with Gasteiger partial charge >= 0.3 is 0 Å². The Morgan fingerprint density at radius 2 is 1.87 bits per heavy atom. The lowest BCUT2D eigenvalue weighted by Gasteiger charge is -2.19. The maximum absolute atomic E-state index is 6.06. The molecule has 31 heavy (non-hydrogen) atoms. The third-order valence-corrected chi connectivity index (χ3v) is 5.72. The first kappa shape index (κ1) is 23.1. The van der Waals surface area contributed by atoms with E-state index in [1.165, 1.54) is 6.33 Å². The SMILES string of the molecule is CC.Cc1cc2c(cc1Sc1nc3c(N)ncnc3n1CCNCC(C)(C)C)OCO2. The van der Waals surface area contributed by atoms with Crippen LogP contribution in [0.25, 0.3) is 11.2 Å². The van der Waals surface area contributed by atoms with Crippen LogP contribution in [0.5, 0.6) is 11.5 Å². The molecule has 8 nitrogen and oxygen atoms in total. The zero-order valence-electron chi connectivity index (χ0n) is 19.2. The lowest BCUT2D eigenvalue weighted by Crippen LogP contribution is -2.29. The highest BCUT2D eigenvalue weighted by Crippen LogP contribution is 2.40. The minimum Gasteiger partial charge on any atom is -0.454 e. The highest BCUT2D eigenvalue weighted by molar-refractivity contribution is 7.99. The van der Waals surface area contributed by atoms with Gasteiger partial charge in [-0.2, -0.15) is 0 Å². The van der Waals surface area contributed by atoms with E-state index >= 15 is 0 Å². The number of fused-ring (bicyclic) bond motifs is 2. The first-order chi connectivity index (χ1) is 14.8. The zero-order chi connectivity index (χ0) is 22.6. The van der Waals surface area contributed by atoms with Gasteiger partial charge in [0.25, 0.3) is 0 Å². The summed E-state index contributed by atoms with van der Waals surface area (Å²) in [5.41, 5.74) is 8.76. The Morgan fingerprint density at radius 1 is 1.16 bits per heavy atom. The van der Waals surface area contributed by atoms with Crippen LogP contribution in [0.2, 0.25) is 0 Å². The summed E-state index contributed by atoms with van der Waals surface area (Å²) >= 11 is 1.57. The van der Waals surface area contributed by atoms with Gasteiger partial charge < -0.3 is 25.1 Å². The second-order valence-electron chi connectivity index (χ2n) is 8.29. The summed E-state index contributed by atoms with van der Waals surface area (Å²) in [6, 6.07) is 4.00. The Labute approximate surface area is 188 Å². The Kier molecular flexibility index (Phi) is 7.27. The second kappa shape index (κ2) is 9.74. The van der Waals surface area contributed by atoms with Crippen LogP contribution in [0.4, 0.5) is 5.82 Å². The van der Waals surface area contributed by atoms with Crippen molar-refractivity contribution in [2.45, 2.75) is 58.1 Å². The standard InChI is InChI=1S/C20H26N6O2S.C2H6/c1-12-7-13-14(28-11-27-13)8-15(12)29-19-25-16-17(21)23-10-24-18(16)26(19)6-5-22-9-20(2,3)4;1-2/h7-8,10,22H,5-6,9,11H2,1-4H3,(H2,21,23,24);1-2H3. The number of hydrogen-bond donors (Lipinski definition) is 2. The summed E-state index contributed by atoms with van der Waals surface area (Å²) in [5.74, 6) is 1.93. The average molecular weight is 445 g/mol. The number of imidazole rings is 1. The molecular formula is C22H32N6O2S. The van der Waals surface area contributed by atoms with Crippen LogP contribution in [-0.2, 0) is 6.54 Å². The van der Waals surface area contributed by atoms with Crippen LogP contribution in [0.1, 0.15) is 40.2 Å². The van der Waals surface area contributed by atoms with Crippen molar-refractivity contribution in [1.82, 2.24) is 24.8 Å². The normalized spacial score (nSPS) is 12.7. The molecule has 0 atom stereocenters. The van der Waals surface area contributed by atoms with Gasteiger partial charge in [0.2, 0.25) is 6.79 Å². The molecule has 3 aromatic rings. The van der Waals surface area contributed by atoms with E-state index in [4.69, 9.17) is 20.2 Å². The summed E-state index contributed by atoms with van der Waals surface area (Å²) in [6.45, 7) is 15.4. The Hall–Kier alpha value is -2.52. The number of hydrogen-bond acceptors (Lipinski definition) is 8. The minimum absolute atomic E-state index is 0.227. The van der Waals surface area contributed by atoms with Crippen LogP contribution in [0, 0.1) is 12.3 Å². The van der Waals surface area contributed by atoms with Crippen LogP contribution < -0.4 is 20.5 Å². The molecule has 0 amide bonds. The van der Waals surface area contributed by atoms with E-state index < -0.39 is 0 Å². The van der Waals surface area contributed by atoms with E-state index in [0.717, 1.165) is 52.4 Å². The Bertz CT molecular complexity index is 1040. The maximum atomic E-state index is 6.06. The number of ether oxygens (including phenoxy) is 2. The van der Waals surface area contributed by atoms with Gasteiger partial charge in [0.15, 0.2) is 33.6 Å². The largest absolute Gasteiger partial charge is 0.454 e. The van der Waals surface area contributed by atoms with Crippen molar-refractivity contribution in [2.24, 2.45) is 5.41 Å². The number of aromatic nitrogens is 4. The molecule has 3 heterocycles. The lowest BCUT2D eigenvalue weighted by molar-refractivity contribution is 0.174. The predicted octanol–water partition coefficient (Wildman–Crippen LogP) is 4.26. The van der Waals surface area contributed by atoms with Gasteiger partial charge in [-0.05, 0) is 30.0 Å². The molecule has 0 saturated carbocycles. The van der Waals surface area contributed by atoms with Crippen molar-refractivity contribution in [3.8, 4) is 11.5 Å². The van der Waals surface area contributed by atoms with E-state index in [1.807, 2.05) is 26.0 Å². The third-order valence-electron chi connectivity index (χ3n) is 4.56. The molecule has 0 spiro atoms. The Balaban J connectivity index is 0.00000132. The quantitative estimate of drug-likeness (QED) is 0.544. The fraction of sp³-hybridized carbons (Fsp3) is 0.500. The minimum atomic E-state index is 0.227. The molecule has 0 unspecified atom stereocenters. The van der Waals surface area contributed by atoms with Crippen molar-refractivity contribution in [2.75, 3.05) is 25.6 Å². The maximum Gasteiger partial charge on any atom is 0.231 e. The molecule has 168 valence electrons. The smallest absolute Gasteiger partial charge is 0.231 e. The lowest BCUT2D eigenvalue weighted by atomic mass is 9.97. The van der Waals surface area contributed by atoms with Crippen LogP contribution in [-0.4, -0.2) is 39.4 Å². The fourth-order valence-electron chi connectivity index (χ4n) is 3.10. The molecule has 2 aromatic heterocycles. The fourth-order valence-corrected chi connectivity index (χ4v) is 4.11. The summed E-state index contributed by atoms with van der Waals surface area (Å²) < 4.78 is 13.1. The summed E-state index contributed by atoms with van der Waals surface area (Å²) in [6.07, 6.45) is 1.48. The number of nitrogens with two attached hydrogens (primary N) is 1. The van der Waals surface area contributed by atoms with Crippen molar-refractivity contribution in [3.05, 3.63) is 24.0 Å². The molecular weight excluding hydrogens is 412 g/mol. The second-order valence-corrected chi connectivity index (χ2v) is 9.30. The molecule has 4 rings (SSSR count). The number of benzene rings is 1. The molecule has 0 bridgehead atoms. The first-order valence-electron chi connectivity index (χ1n) is 10.6. The summed E-state index contributed by atoms with van der Waals surface area (Å²) in [4.78, 5) is 14.3. The molecule has 1 aliphatic heterocycles. The molecule has 1 aliphatic rings. The van der Waals surface area contributed by atoms with Crippen LogP contribution in [0.15, 0.2) is 28.5 Å². The Morgan fingerprint density at radius 3 is 2.58 bits per heavy atom. The monoisotopic (exact) mass is 444 g/mol. The number of nitrogens with zero attached hydrogens (tertiary/aromatic N) is 4. The van der Waals surface area contributed by atoms with E-state index in [-0.39, 0.29) is 12.2 Å². The van der Waals surface area contributed by atoms with Gasteiger partial charge in [-0.1, -0.05) is 46.4 Å². The topological polar surface area (TPSA) is 100 Å². The molecule has 3 N–H and O–H groups in total. The van der Waals surface area contributed by atoms with Crippen molar-refractivity contribution in [1.29, 1.82) is 0 Å². The van der Waals surface area contributed by atoms with Crippen molar-refractivity contribution < 1.29 is 9.47 Å². The van der Waals surface area contributed by atoms with Crippen LogP contribution in [0.3, 0.4) is 0 Å². The summed E-state index contributed by atoms with van der Waals surface area (Å²) in [7, 11) is 0. The molecule has 0 aliphatic carbocycles. The molecule has 0 fully saturated rings. The van der Waals surface area contributed by atoms with Crippen molar-refractivity contribution >= 4 is 28.7 Å². The van der Waals surface area contributed by atoms with Crippen LogP contribution >= 0.6 is 11.8 Å². The number of nitrogens with one attached hydrogen (secondary N) is 1. The van der Waals surface area contributed by atoms with E-state index in [0.29, 0.717) is 11.3 Å². The van der Waals surface area contributed by atoms with Gasteiger partial charge in [-0.3, -0.25) is 0 Å². The van der Waals surface area contributed by atoms with Gasteiger partial charge in [0, 0.05) is 24.5 Å². The van der Waals surface area contributed by atoms with Gasteiger partial charge in [-0.25, -0.2) is 15.0 Å². The molecule has 1 aromatic carbocycles. The average Bonchev–Trinajstić information content (AvgIpc) is 3.31. The van der Waals surface area contributed by atoms with E-state index in [2.05, 4.69) is 47.5 Å². The zero-order valence-corrected chi connectivity index (χ0v) is 20.0. The van der Waals surface area contributed by atoms with Gasteiger partial charge in [0.05, 0.1) is 0 Å². The number of rotatable bonds is 6. The number of nitrogen functional groups attached to an aromatic ring is 1. The first-order valence-corrected chi connectivity index (χ1v) is 11.4. The highest BCUT2D eigenvalue weighted by atomic mass is 32.2. The third kappa shape index (κ3) is 5.40. The predicted molar refractivity (Wildman–Crippen MR) is 125 cm³/mol. The van der Waals surface area contributed by atoms with Gasteiger partial charge in [-0.15, -0.1) is 0 Å². The summed E-state index contributed by atoms with van der Waals surface area (Å²) in [5, 5.41) is 4.34. The molecule has 9 heteroatoms. The molecule has 0 radical (unpaired) electrons.